The van der Waals surface area contributed by atoms with E-state index in [0.29, 0.717) is 11.6 Å². The second kappa shape index (κ2) is 10.4. The second-order valence-corrected chi connectivity index (χ2v) is 9.18. The van der Waals surface area contributed by atoms with Gasteiger partial charge in [-0.15, -0.1) is 0 Å². The summed E-state index contributed by atoms with van der Waals surface area (Å²) in [5, 5.41) is 3.69. The first-order valence-electron chi connectivity index (χ1n) is 11.6. The molecule has 2 aliphatic heterocycles. The van der Waals surface area contributed by atoms with Crippen molar-refractivity contribution in [3.63, 3.8) is 0 Å². The smallest absolute Gasteiger partial charge is 0.322 e. The second-order valence-electron chi connectivity index (χ2n) is 8.75. The number of likely N-dealkylation sites (tertiary alicyclic amines) is 1. The van der Waals surface area contributed by atoms with E-state index in [1.807, 2.05) is 41.3 Å². The first kappa shape index (κ1) is 22.6. The number of urea groups is 1. The Morgan fingerprint density at radius 2 is 1.68 bits per heavy atom. The Balaban J connectivity index is 1.29. The predicted octanol–water partition coefficient (Wildman–Crippen LogP) is 5.77. The average molecular weight is 478 g/mol. The Hall–Kier alpha value is -3.22. The molecule has 0 aliphatic carbocycles. The Morgan fingerprint density at radius 3 is 2.44 bits per heavy atom. The SMILES string of the molecule is O=C(Nc1ccc(Cl)cc1)N(Cc1ccc2c(c1)OCO2)C1CCN(Cc2ccccc2)CC1. The van der Waals surface area contributed by atoms with Gasteiger partial charge in [-0.2, -0.15) is 0 Å². The zero-order valence-corrected chi connectivity index (χ0v) is 19.7. The van der Waals surface area contributed by atoms with E-state index in [1.165, 1.54) is 5.56 Å². The number of piperidine rings is 1. The Labute approximate surface area is 205 Å². The number of benzene rings is 3. The Bertz CT molecular complexity index is 1120. The van der Waals surface area contributed by atoms with Gasteiger partial charge in [-0.25, -0.2) is 4.79 Å². The summed E-state index contributed by atoms with van der Waals surface area (Å²) in [6.07, 6.45) is 1.84. The highest BCUT2D eigenvalue weighted by atomic mass is 35.5. The number of hydrogen-bond acceptors (Lipinski definition) is 4. The predicted molar refractivity (Wildman–Crippen MR) is 133 cm³/mol. The molecule has 176 valence electrons. The van der Waals surface area contributed by atoms with Crippen LogP contribution in [0, 0.1) is 0 Å². The fourth-order valence-electron chi connectivity index (χ4n) is 4.56. The van der Waals surface area contributed by atoms with Gasteiger partial charge in [-0.1, -0.05) is 48.0 Å². The largest absolute Gasteiger partial charge is 0.454 e. The van der Waals surface area contributed by atoms with Crippen LogP contribution in [-0.2, 0) is 13.1 Å². The molecule has 1 saturated heterocycles. The summed E-state index contributed by atoms with van der Waals surface area (Å²) in [5.41, 5.74) is 3.06. The molecule has 0 saturated carbocycles. The zero-order valence-electron chi connectivity index (χ0n) is 19.0. The molecular formula is C27H28ClN3O3. The number of amides is 2. The third-order valence-corrected chi connectivity index (χ3v) is 6.65. The first-order valence-corrected chi connectivity index (χ1v) is 12.0. The maximum absolute atomic E-state index is 13.4. The highest BCUT2D eigenvalue weighted by Gasteiger charge is 2.29. The molecule has 5 rings (SSSR count). The fourth-order valence-corrected chi connectivity index (χ4v) is 4.69. The van der Waals surface area contributed by atoms with E-state index in [9.17, 15) is 4.79 Å². The summed E-state index contributed by atoms with van der Waals surface area (Å²) in [6, 6.07) is 23.6. The van der Waals surface area contributed by atoms with Crippen molar-refractivity contribution < 1.29 is 14.3 Å². The van der Waals surface area contributed by atoms with Gasteiger partial charge in [0, 0.05) is 42.9 Å². The first-order chi connectivity index (χ1) is 16.6. The molecule has 0 unspecified atom stereocenters. The lowest BCUT2D eigenvalue weighted by atomic mass is 10.0. The number of rotatable bonds is 6. The van der Waals surface area contributed by atoms with Crippen LogP contribution in [0.15, 0.2) is 72.8 Å². The average Bonchev–Trinajstić information content (AvgIpc) is 3.33. The van der Waals surface area contributed by atoms with Gasteiger partial charge >= 0.3 is 6.03 Å². The monoisotopic (exact) mass is 477 g/mol. The molecule has 0 aromatic heterocycles. The van der Waals surface area contributed by atoms with Crippen molar-refractivity contribution in [2.75, 3.05) is 25.2 Å². The molecule has 0 spiro atoms. The molecule has 3 aromatic rings. The van der Waals surface area contributed by atoms with Crippen molar-refractivity contribution in [1.29, 1.82) is 0 Å². The van der Waals surface area contributed by atoms with Gasteiger partial charge in [0.15, 0.2) is 11.5 Å². The van der Waals surface area contributed by atoms with Crippen molar-refractivity contribution in [2.24, 2.45) is 0 Å². The lowest BCUT2D eigenvalue weighted by Crippen LogP contribution is -2.48. The van der Waals surface area contributed by atoms with Crippen LogP contribution in [0.4, 0.5) is 10.5 Å². The number of fused-ring (bicyclic) bond motifs is 1. The molecular weight excluding hydrogens is 450 g/mol. The van der Waals surface area contributed by atoms with Crippen LogP contribution in [0.3, 0.4) is 0 Å². The van der Waals surface area contributed by atoms with Crippen LogP contribution >= 0.6 is 11.6 Å². The zero-order chi connectivity index (χ0) is 23.3. The standard InChI is InChI=1S/C27H28ClN3O3/c28-22-7-9-23(10-8-22)29-27(32)31(18-21-6-11-25-26(16-21)34-19-33-25)24-12-14-30(15-13-24)17-20-4-2-1-3-5-20/h1-11,16,24H,12-15,17-19H2,(H,29,32). The van der Waals surface area contributed by atoms with E-state index >= 15 is 0 Å². The molecule has 34 heavy (non-hydrogen) atoms. The third-order valence-electron chi connectivity index (χ3n) is 6.39. The van der Waals surface area contributed by atoms with Crippen LogP contribution < -0.4 is 14.8 Å². The van der Waals surface area contributed by atoms with Gasteiger partial charge in [-0.05, 0) is 60.4 Å². The van der Waals surface area contributed by atoms with Crippen LogP contribution in [0.1, 0.15) is 24.0 Å². The van der Waals surface area contributed by atoms with Gasteiger partial charge in [0.05, 0.1) is 0 Å². The lowest BCUT2D eigenvalue weighted by Gasteiger charge is -2.38. The molecule has 1 N–H and O–H groups in total. The number of nitrogens with zero attached hydrogens (tertiary/aromatic N) is 2. The van der Waals surface area contributed by atoms with E-state index in [1.54, 1.807) is 12.1 Å². The normalized spacial score (nSPS) is 15.8. The minimum atomic E-state index is -0.110. The van der Waals surface area contributed by atoms with Crippen LogP contribution in [0.5, 0.6) is 11.5 Å². The quantitative estimate of drug-likeness (QED) is 0.490. The molecule has 2 aliphatic rings. The molecule has 7 heteroatoms. The van der Waals surface area contributed by atoms with E-state index in [4.69, 9.17) is 21.1 Å². The molecule has 0 radical (unpaired) electrons. The van der Waals surface area contributed by atoms with Gasteiger partial charge < -0.3 is 19.7 Å². The van der Waals surface area contributed by atoms with Gasteiger partial charge in [-0.3, -0.25) is 4.90 Å². The third kappa shape index (κ3) is 5.46. The summed E-state index contributed by atoms with van der Waals surface area (Å²) in [4.78, 5) is 17.8. The van der Waals surface area contributed by atoms with Crippen molar-refractivity contribution in [1.82, 2.24) is 9.80 Å². The van der Waals surface area contributed by atoms with E-state index in [2.05, 4.69) is 34.5 Å². The maximum atomic E-state index is 13.4. The van der Waals surface area contributed by atoms with Gasteiger partial charge in [0.1, 0.15) is 0 Å². The molecule has 0 atom stereocenters. The van der Waals surface area contributed by atoms with E-state index in [0.717, 1.165) is 55.2 Å². The highest BCUT2D eigenvalue weighted by Crippen LogP contribution is 2.33. The van der Waals surface area contributed by atoms with E-state index in [-0.39, 0.29) is 18.9 Å². The molecule has 6 nitrogen and oxygen atoms in total. The fraction of sp³-hybridized carbons (Fsp3) is 0.296. The number of halogens is 1. The van der Waals surface area contributed by atoms with Crippen LogP contribution in [-0.4, -0.2) is 41.8 Å². The molecule has 2 heterocycles. The minimum absolute atomic E-state index is 0.110. The molecule has 1 fully saturated rings. The maximum Gasteiger partial charge on any atom is 0.322 e. The van der Waals surface area contributed by atoms with Crippen molar-refractivity contribution >= 4 is 23.3 Å². The van der Waals surface area contributed by atoms with Crippen molar-refractivity contribution in [3.05, 3.63) is 88.9 Å². The minimum Gasteiger partial charge on any atom is -0.454 e. The summed E-state index contributed by atoms with van der Waals surface area (Å²) in [7, 11) is 0. The van der Waals surface area contributed by atoms with Gasteiger partial charge in [0.25, 0.3) is 0 Å². The summed E-state index contributed by atoms with van der Waals surface area (Å²) < 4.78 is 11.0. The van der Waals surface area contributed by atoms with E-state index < -0.39 is 0 Å². The number of ether oxygens (including phenoxy) is 2. The summed E-state index contributed by atoms with van der Waals surface area (Å²) in [6.45, 7) is 3.57. The number of nitrogens with one attached hydrogen (secondary N) is 1. The molecule has 0 bridgehead atoms. The number of hydrogen-bond donors (Lipinski definition) is 1. The van der Waals surface area contributed by atoms with Gasteiger partial charge in [0.2, 0.25) is 6.79 Å². The lowest BCUT2D eigenvalue weighted by molar-refractivity contribution is 0.119. The molecule has 2 amide bonds. The summed E-state index contributed by atoms with van der Waals surface area (Å²) in [5.74, 6) is 1.48. The topological polar surface area (TPSA) is 54.0 Å². The van der Waals surface area contributed by atoms with Crippen molar-refractivity contribution in [3.8, 4) is 11.5 Å². The number of anilines is 1. The summed E-state index contributed by atoms with van der Waals surface area (Å²) >= 11 is 6.01. The molecule has 3 aromatic carbocycles. The van der Waals surface area contributed by atoms with Crippen LogP contribution in [0.2, 0.25) is 5.02 Å². The Morgan fingerprint density at radius 1 is 0.941 bits per heavy atom. The number of carbonyl (C=O) groups excluding carboxylic acids is 1. The Kier molecular flexibility index (Phi) is 6.88. The number of carbonyl (C=O) groups is 1. The highest BCUT2D eigenvalue weighted by molar-refractivity contribution is 6.30. The van der Waals surface area contributed by atoms with Crippen molar-refractivity contribution in [2.45, 2.75) is 32.0 Å². The van der Waals surface area contributed by atoms with Crippen LogP contribution in [0.25, 0.3) is 0 Å².